The number of nitrogens with zero attached hydrogens (tertiary/aromatic N) is 3. The zero-order valence-corrected chi connectivity index (χ0v) is 18.7. The Labute approximate surface area is 184 Å². The van der Waals surface area contributed by atoms with E-state index in [1.807, 2.05) is 0 Å². The number of aromatic amines is 1. The van der Waals surface area contributed by atoms with Gasteiger partial charge in [-0.3, -0.25) is 9.79 Å². The largest absolute Gasteiger partial charge is 0.359 e. The molecule has 3 aliphatic rings. The molecule has 0 spiro atoms. The number of hydrazone groups is 1. The van der Waals surface area contributed by atoms with E-state index < -0.39 is 5.92 Å². The van der Waals surface area contributed by atoms with Gasteiger partial charge in [0.15, 0.2) is 0 Å². The van der Waals surface area contributed by atoms with Crippen molar-refractivity contribution < 1.29 is 4.79 Å². The van der Waals surface area contributed by atoms with Gasteiger partial charge < -0.3 is 20.5 Å². The maximum absolute atomic E-state index is 12.2. The minimum Gasteiger partial charge on any atom is -0.359 e. The summed E-state index contributed by atoms with van der Waals surface area (Å²) in [6.45, 7) is 10.6. The lowest BCUT2D eigenvalue weighted by atomic mass is 9.99. The molecule has 1 aromatic rings. The maximum atomic E-state index is 12.2. The van der Waals surface area contributed by atoms with Crippen LogP contribution in [-0.4, -0.2) is 53.4 Å². The van der Waals surface area contributed by atoms with Crippen molar-refractivity contribution in [1.29, 1.82) is 0 Å². The molecule has 1 saturated carbocycles. The fourth-order valence-electron chi connectivity index (χ4n) is 4.15. The summed E-state index contributed by atoms with van der Waals surface area (Å²) in [5.41, 5.74) is 8.97. The van der Waals surface area contributed by atoms with Gasteiger partial charge >= 0.3 is 0 Å². The van der Waals surface area contributed by atoms with Gasteiger partial charge in [0.05, 0.1) is 11.4 Å². The maximum Gasteiger partial charge on any atom is 0.254 e. The van der Waals surface area contributed by atoms with E-state index in [9.17, 15) is 4.79 Å². The van der Waals surface area contributed by atoms with E-state index in [4.69, 9.17) is 0 Å². The van der Waals surface area contributed by atoms with Gasteiger partial charge in [0, 0.05) is 49.1 Å². The van der Waals surface area contributed by atoms with Gasteiger partial charge in [-0.25, -0.2) is 5.43 Å². The van der Waals surface area contributed by atoms with Gasteiger partial charge in [0.1, 0.15) is 5.92 Å². The topological polar surface area (TPSA) is 96.9 Å². The Morgan fingerprint density at radius 2 is 2.06 bits per heavy atom. The smallest absolute Gasteiger partial charge is 0.254 e. The highest BCUT2D eigenvalue weighted by molar-refractivity contribution is 6.24. The molecule has 166 valence electrons. The average molecular weight is 424 g/mol. The molecule has 1 atom stereocenters. The normalized spacial score (nSPS) is 21.7. The number of likely N-dealkylation sites (N-methyl/N-ethyl adjacent to an activating group) is 1. The lowest BCUT2D eigenvalue weighted by Gasteiger charge is -2.19. The van der Waals surface area contributed by atoms with Crippen LogP contribution in [0, 0.1) is 12.8 Å². The molecule has 8 nitrogen and oxygen atoms in total. The highest BCUT2D eigenvalue weighted by Crippen LogP contribution is 2.26. The first-order valence-corrected chi connectivity index (χ1v) is 11.3. The lowest BCUT2D eigenvalue weighted by molar-refractivity contribution is -0.120. The summed E-state index contributed by atoms with van der Waals surface area (Å²) < 4.78 is 0. The quantitative estimate of drug-likeness (QED) is 0.463. The second-order valence-electron chi connectivity index (χ2n) is 8.32. The van der Waals surface area contributed by atoms with E-state index in [-0.39, 0.29) is 5.91 Å². The average Bonchev–Trinajstić information content (AvgIpc) is 3.44. The van der Waals surface area contributed by atoms with E-state index in [0.29, 0.717) is 11.8 Å². The van der Waals surface area contributed by atoms with Crippen LogP contribution in [-0.2, 0) is 17.8 Å². The first kappa shape index (κ1) is 21.5. The van der Waals surface area contributed by atoms with Crippen LogP contribution in [0.2, 0.25) is 0 Å². The third-order valence-electron chi connectivity index (χ3n) is 6.25. The number of nitrogens with one attached hydrogen (secondary N) is 4. The highest BCUT2D eigenvalue weighted by Gasteiger charge is 2.30. The number of aryl methyl sites for hydroxylation is 1. The predicted molar refractivity (Wildman–Crippen MR) is 125 cm³/mol. The van der Waals surface area contributed by atoms with Crippen molar-refractivity contribution in [3.8, 4) is 0 Å². The van der Waals surface area contributed by atoms with Gasteiger partial charge in [0.25, 0.3) is 5.91 Å². The van der Waals surface area contributed by atoms with Crippen LogP contribution < -0.4 is 16.1 Å². The second kappa shape index (κ2) is 9.62. The third-order valence-corrected chi connectivity index (χ3v) is 6.25. The number of H-pyrrole nitrogens is 1. The van der Waals surface area contributed by atoms with Crippen molar-refractivity contribution >= 4 is 23.9 Å². The summed E-state index contributed by atoms with van der Waals surface area (Å²) in [4.78, 5) is 22.7. The minimum atomic E-state index is -0.477. The van der Waals surface area contributed by atoms with Gasteiger partial charge in [0.2, 0.25) is 0 Å². The monoisotopic (exact) mass is 423 g/mol. The summed E-state index contributed by atoms with van der Waals surface area (Å²) in [6, 6.07) is 0.637. The molecule has 1 aromatic heterocycles. The number of allylic oxidation sites excluding steroid dienone is 1. The van der Waals surface area contributed by atoms with Crippen LogP contribution in [0.4, 0.5) is 0 Å². The number of carbonyl (C=O) groups excluding carboxylic acids is 1. The zero-order valence-electron chi connectivity index (χ0n) is 18.7. The summed E-state index contributed by atoms with van der Waals surface area (Å²) in [5, 5.41) is 10.9. The van der Waals surface area contributed by atoms with Crippen molar-refractivity contribution in [2.75, 3.05) is 19.6 Å². The Morgan fingerprint density at radius 1 is 1.26 bits per heavy atom. The number of aromatic nitrogens is 1. The molecule has 1 fully saturated rings. The molecule has 0 aromatic carbocycles. The molecule has 1 aliphatic carbocycles. The van der Waals surface area contributed by atoms with Gasteiger partial charge in [-0.1, -0.05) is 13.8 Å². The molecule has 4 rings (SSSR count). The molecule has 1 amide bonds. The number of amides is 1. The Hall–Kier alpha value is -2.71. The van der Waals surface area contributed by atoms with E-state index in [2.05, 4.69) is 62.9 Å². The van der Waals surface area contributed by atoms with Crippen molar-refractivity contribution in [2.24, 2.45) is 16.0 Å². The summed E-state index contributed by atoms with van der Waals surface area (Å²) in [7, 11) is 0. The predicted octanol–water partition coefficient (Wildman–Crippen LogP) is 2.05. The Balaban J connectivity index is 1.63. The van der Waals surface area contributed by atoms with Gasteiger partial charge in [-0.15, -0.1) is 0 Å². The van der Waals surface area contributed by atoms with Crippen LogP contribution in [0.5, 0.6) is 0 Å². The van der Waals surface area contributed by atoms with Crippen LogP contribution in [0.1, 0.15) is 49.2 Å². The molecule has 2 aliphatic heterocycles. The molecular weight excluding hydrogens is 390 g/mol. The molecule has 4 N–H and O–H groups in total. The Kier molecular flexibility index (Phi) is 6.67. The number of aliphatic imine (C=N–C) groups is 1. The number of carbonyl (C=O) groups is 1. The van der Waals surface area contributed by atoms with Crippen LogP contribution in [0.25, 0.3) is 6.08 Å². The fraction of sp³-hybridized carbons (Fsp3) is 0.522. The molecular formula is C23H33N7O. The number of hydrogen-bond acceptors (Lipinski definition) is 6. The summed E-state index contributed by atoms with van der Waals surface area (Å²) >= 11 is 0. The first-order chi connectivity index (χ1) is 15.1. The third kappa shape index (κ3) is 4.97. The Bertz CT molecular complexity index is 932. The number of hydrogen-bond donors (Lipinski definition) is 4. The van der Waals surface area contributed by atoms with Crippen molar-refractivity contribution in [2.45, 2.75) is 52.6 Å². The van der Waals surface area contributed by atoms with Crippen LogP contribution in [0.3, 0.4) is 0 Å². The first-order valence-electron chi connectivity index (χ1n) is 11.3. The van der Waals surface area contributed by atoms with Crippen LogP contribution >= 0.6 is 0 Å². The standard InChI is InChI=1S/C23H33N7O/c1-4-30(5-2)11-8-17-15(3)28-20(18(17)13-26-16-6-7-16)12-21-22(25-10-9-24-21)19-14-27-29-23(19)31/h9-10,12,14,16,19,24,26,28H,4-8,11,13H2,1-3H3,(H,29,31). The summed E-state index contributed by atoms with van der Waals surface area (Å²) in [5.74, 6) is -0.630. The zero-order chi connectivity index (χ0) is 21.8. The fourth-order valence-corrected chi connectivity index (χ4v) is 4.15. The minimum absolute atomic E-state index is 0.153. The number of rotatable bonds is 10. The SMILES string of the molecule is CCN(CC)CCc1c(C)[nH]c(C=C2NC=CN=C2C2C=NNC2=O)c1CNC1CC1. The van der Waals surface area contributed by atoms with E-state index in [0.717, 1.165) is 44.0 Å². The Morgan fingerprint density at radius 3 is 2.74 bits per heavy atom. The molecule has 0 bridgehead atoms. The molecule has 3 heterocycles. The molecule has 8 heteroatoms. The van der Waals surface area contributed by atoms with E-state index in [1.165, 1.54) is 29.7 Å². The molecule has 31 heavy (non-hydrogen) atoms. The lowest BCUT2D eigenvalue weighted by Crippen LogP contribution is -2.32. The van der Waals surface area contributed by atoms with Gasteiger partial charge in [-0.2, -0.15) is 5.10 Å². The van der Waals surface area contributed by atoms with Crippen molar-refractivity contribution in [3.63, 3.8) is 0 Å². The van der Waals surface area contributed by atoms with Crippen molar-refractivity contribution in [1.82, 2.24) is 25.9 Å². The highest BCUT2D eigenvalue weighted by atomic mass is 16.2. The van der Waals surface area contributed by atoms with Crippen LogP contribution in [0.15, 0.2) is 28.2 Å². The second-order valence-corrected chi connectivity index (χ2v) is 8.32. The van der Waals surface area contributed by atoms with E-state index in [1.54, 1.807) is 18.6 Å². The van der Waals surface area contributed by atoms with Crippen molar-refractivity contribution in [3.05, 3.63) is 40.6 Å². The van der Waals surface area contributed by atoms with E-state index >= 15 is 0 Å². The molecule has 0 radical (unpaired) electrons. The summed E-state index contributed by atoms with van der Waals surface area (Å²) in [6.07, 6.45) is 10.7. The molecule has 1 unspecified atom stereocenters. The van der Waals surface area contributed by atoms with Gasteiger partial charge in [-0.05, 0) is 56.5 Å². The molecule has 0 saturated heterocycles.